The van der Waals surface area contributed by atoms with E-state index >= 15 is 0 Å². The standard InChI is InChI=1S/C26H20N2O3/c1-14(29)27-15-7-6-8-16(13-15)28-25(30)23-21-17-9-2-3-10-18(17)22(24(23)26(28)31)20-12-5-4-11-19(20)21/h2-13,21-24H,1H3,(H,27,29)/t21?,22?,23-,24+. The molecule has 1 aliphatic heterocycles. The summed E-state index contributed by atoms with van der Waals surface area (Å²) < 4.78 is 0. The zero-order valence-corrected chi connectivity index (χ0v) is 16.9. The van der Waals surface area contributed by atoms with Crippen LogP contribution in [0.4, 0.5) is 11.4 Å². The van der Waals surface area contributed by atoms with Gasteiger partial charge in [-0.2, -0.15) is 0 Å². The number of imide groups is 1. The van der Waals surface area contributed by atoms with Gasteiger partial charge in [0.1, 0.15) is 0 Å². The molecule has 0 aromatic heterocycles. The van der Waals surface area contributed by atoms with E-state index in [0.29, 0.717) is 11.4 Å². The van der Waals surface area contributed by atoms with Crippen LogP contribution in [0.25, 0.3) is 0 Å². The maximum absolute atomic E-state index is 13.7. The van der Waals surface area contributed by atoms with Crippen LogP contribution in [0.1, 0.15) is 41.0 Å². The van der Waals surface area contributed by atoms with E-state index in [-0.39, 0.29) is 29.6 Å². The summed E-state index contributed by atoms with van der Waals surface area (Å²) >= 11 is 0. The third-order valence-corrected chi connectivity index (χ3v) is 6.87. The van der Waals surface area contributed by atoms with Crippen LogP contribution in [0.5, 0.6) is 0 Å². The van der Waals surface area contributed by atoms with Crippen molar-refractivity contribution < 1.29 is 14.4 Å². The molecule has 152 valence electrons. The highest BCUT2D eigenvalue weighted by Crippen LogP contribution is 2.61. The van der Waals surface area contributed by atoms with Crippen LogP contribution in [0.3, 0.4) is 0 Å². The Bertz CT molecular complexity index is 1170. The van der Waals surface area contributed by atoms with E-state index < -0.39 is 11.8 Å². The topological polar surface area (TPSA) is 66.5 Å². The van der Waals surface area contributed by atoms with Crippen LogP contribution >= 0.6 is 0 Å². The molecule has 3 aliphatic carbocycles. The van der Waals surface area contributed by atoms with E-state index in [1.165, 1.54) is 11.8 Å². The molecular formula is C26H20N2O3. The van der Waals surface area contributed by atoms with Gasteiger partial charge in [0.05, 0.1) is 17.5 Å². The minimum absolute atomic E-state index is 0.123. The number of rotatable bonds is 2. The van der Waals surface area contributed by atoms with Crippen LogP contribution in [-0.2, 0) is 14.4 Å². The fourth-order valence-corrected chi connectivity index (χ4v) is 5.86. The molecule has 1 N–H and O–H groups in total. The molecule has 0 radical (unpaired) electrons. The number of hydrogen-bond acceptors (Lipinski definition) is 3. The molecule has 1 fully saturated rings. The Labute approximate surface area is 179 Å². The Morgan fingerprint density at radius 1 is 0.742 bits per heavy atom. The molecule has 0 unspecified atom stereocenters. The lowest BCUT2D eigenvalue weighted by Gasteiger charge is -2.45. The lowest BCUT2D eigenvalue weighted by Crippen LogP contribution is -2.41. The van der Waals surface area contributed by atoms with E-state index in [4.69, 9.17) is 0 Å². The first kappa shape index (κ1) is 18.1. The molecule has 3 aromatic carbocycles. The third-order valence-electron chi connectivity index (χ3n) is 6.87. The number of nitrogens with zero attached hydrogens (tertiary/aromatic N) is 1. The summed E-state index contributed by atoms with van der Waals surface area (Å²) in [6.45, 7) is 1.43. The number of carbonyl (C=O) groups excluding carboxylic acids is 3. The second kappa shape index (κ2) is 6.38. The van der Waals surface area contributed by atoms with Gasteiger partial charge in [-0.25, -0.2) is 4.90 Å². The average Bonchev–Trinajstić information content (AvgIpc) is 3.04. The lowest BCUT2D eigenvalue weighted by molar-refractivity contribution is -0.122. The monoisotopic (exact) mass is 408 g/mol. The van der Waals surface area contributed by atoms with Crippen molar-refractivity contribution in [3.8, 4) is 0 Å². The zero-order valence-electron chi connectivity index (χ0n) is 16.9. The molecule has 1 saturated heterocycles. The number of carbonyl (C=O) groups is 3. The van der Waals surface area contributed by atoms with E-state index in [1.807, 2.05) is 24.3 Å². The van der Waals surface area contributed by atoms with Gasteiger partial charge >= 0.3 is 0 Å². The van der Waals surface area contributed by atoms with Crippen molar-refractivity contribution in [3.05, 3.63) is 95.1 Å². The normalized spacial score (nSPS) is 25.1. The van der Waals surface area contributed by atoms with Crippen molar-refractivity contribution in [2.24, 2.45) is 11.8 Å². The van der Waals surface area contributed by atoms with E-state index in [1.54, 1.807) is 24.3 Å². The van der Waals surface area contributed by atoms with Gasteiger partial charge in [0.15, 0.2) is 0 Å². The molecule has 2 atom stereocenters. The lowest BCUT2D eigenvalue weighted by atomic mass is 9.55. The quantitative estimate of drug-likeness (QED) is 0.651. The van der Waals surface area contributed by atoms with Gasteiger partial charge < -0.3 is 5.32 Å². The predicted molar refractivity (Wildman–Crippen MR) is 117 cm³/mol. The van der Waals surface area contributed by atoms with Crippen LogP contribution in [0.15, 0.2) is 72.8 Å². The smallest absolute Gasteiger partial charge is 0.238 e. The summed E-state index contributed by atoms with van der Waals surface area (Å²) in [5.41, 5.74) is 5.69. The summed E-state index contributed by atoms with van der Waals surface area (Å²) in [7, 11) is 0. The van der Waals surface area contributed by atoms with Crippen molar-refractivity contribution >= 4 is 29.1 Å². The highest BCUT2D eigenvalue weighted by atomic mass is 16.2. The first-order valence-corrected chi connectivity index (χ1v) is 10.5. The molecule has 7 rings (SSSR count). The molecule has 4 aliphatic rings. The van der Waals surface area contributed by atoms with Gasteiger partial charge in [-0.3, -0.25) is 14.4 Å². The summed E-state index contributed by atoms with van der Waals surface area (Å²) in [5, 5.41) is 2.73. The highest BCUT2D eigenvalue weighted by Gasteiger charge is 2.61. The second-order valence-corrected chi connectivity index (χ2v) is 8.51. The van der Waals surface area contributed by atoms with E-state index in [0.717, 1.165) is 22.3 Å². The van der Waals surface area contributed by atoms with Crippen molar-refractivity contribution in [1.82, 2.24) is 0 Å². The molecule has 0 spiro atoms. The van der Waals surface area contributed by atoms with Crippen LogP contribution < -0.4 is 10.2 Å². The Kier molecular flexibility index (Phi) is 3.72. The Balaban J connectivity index is 1.50. The van der Waals surface area contributed by atoms with Gasteiger partial charge in [-0.05, 0) is 40.5 Å². The fourth-order valence-electron chi connectivity index (χ4n) is 5.86. The van der Waals surface area contributed by atoms with Gasteiger partial charge in [-0.15, -0.1) is 0 Å². The maximum Gasteiger partial charge on any atom is 0.238 e. The molecular weight excluding hydrogens is 388 g/mol. The predicted octanol–water partition coefficient (Wildman–Crippen LogP) is 4.04. The Morgan fingerprint density at radius 3 is 1.68 bits per heavy atom. The average molecular weight is 408 g/mol. The number of amides is 3. The van der Waals surface area contributed by atoms with Crippen molar-refractivity contribution in [1.29, 1.82) is 0 Å². The molecule has 0 saturated carbocycles. The highest BCUT2D eigenvalue weighted by molar-refractivity contribution is 6.23. The van der Waals surface area contributed by atoms with E-state index in [9.17, 15) is 14.4 Å². The Hall–Kier alpha value is -3.73. The van der Waals surface area contributed by atoms with Gasteiger partial charge in [0.2, 0.25) is 17.7 Å². The SMILES string of the molecule is CC(=O)Nc1cccc(N2C(=O)[C@@H]3C4c5ccccc5C(c5ccccc54)[C@@H]3C2=O)c1. The molecule has 5 heteroatoms. The van der Waals surface area contributed by atoms with Crippen LogP contribution in [-0.4, -0.2) is 17.7 Å². The number of nitrogens with one attached hydrogen (secondary N) is 1. The van der Waals surface area contributed by atoms with Crippen molar-refractivity contribution in [3.63, 3.8) is 0 Å². The molecule has 3 aromatic rings. The molecule has 2 bridgehead atoms. The number of anilines is 2. The fraction of sp³-hybridized carbons (Fsp3) is 0.192. The summed E-state index contributed by atoms with van der Waals surface area (Å²) in [6.07, 6.45) is 0. The number of hydrogen-bond donors (Lipinski definition) is 1. The van der Waals surface area contributed by atoms with Crippen LogP contribution in [0, 0.1) is 11.8 Å². The van der Waals surface area contributed by atoms with Gasteiger partial charge in [0.25, 0.3) is 0 Å². The maximum atomic E-state index is 13.7. The van der Waals surface area contributed by atoms with Crippen molar-refractivity contribution in [2.45, 2.75) is 18.8 Å². The van der Waals surface area contributed by atoms with E-state index in [2.05, 4.69) is 29.6 Å². The molecule has 1 heterocycles. The largest absolute Gasteiger partial charge is 0.326 e. The van der Waals surface area contributed by atoms with Crippen molar-refractivity contribution in [2.75, 3.05) is 10.2 Å². The summed E-state index contributed by atoms with van der Waals surface area (Å²) in [6, 6.07) is 23.3. The molecule has 5 nitrogen and oxygen atoms in total. The summed E-state index contributed by atoms with van der Waals surface area (Å²) in [5.74, 6) is -1.58. The first-order valence-electron chi connectivity index (χ1n) is 10.5. The second-order valence-electron chi connectivity index (χ2n) is 8.51. The zero-order chi connectivity index (χ0) is 21.3. The van der Waals surface area contributed by atoms with Gasteiger partial charge in [-0.1, -0.05) is 54.6 Å². The third kappa shape index (κ3) is 2.40. The Morgan fingerprint density at radius 2 is 1.23 bits per heavy atom. The number of benzene rings is 3. The molecule has 3 amide bonds. The minimum atomic E-state index is -0.410. The molecule has 31 heavy (non-hydrogen) atoms. The van der Waals surface area contributed by atoms with Gasteiger partial charge in [0, 0.05) is 24.4 Å². The first-order chi connectivity index (χ1) is 15.1. The summed E-state index contributed by atoms with van der Waals surface area (Å²) in [4.78, 5) is 40.2. The van der Waals surface area contributed by atoms with Crippen LogP contribution in [0.2, 0.25) is 0 Å². The minimum Gasteiger partial charge on any atom is -0.326 e.